The van der Waals surface area contributed by atoms with Crippen LogP contribution in [0.2, 0.25) is 0 Å². The summed E-state index contributed by atoms with van der Waals surface area (Å²) in [6, 6.07) is 1.55. The van der Waals surface area contributed by atoms with Crippen LogP contribution in [-0.2, 0) is 0 Å². The third-order valence-corrected chi connectivity index (χ3v) is 1.88. The number of nitrogens with two attached hydrogens (primary N) is 2. The third-order valence-electron chi connectivity index (χ3n) is 1.88. The van der Waals surface area contributed by atoms with Crippen LogP contribution in [0.15, 0.2) is 23.5 Å². The lowest BCUT2D eigenvalue weighted by molar-refractivity contribution is 0.618. The molecule has 86 valence electrons. The molecule has 0 saturated carbocycles. The number of pyridine rings is 1. The van der Waals surface area contributed by atoms with E-state index in [2.05, 4.69) is 9.98 Å². The molecule has 1 rings (SSSR count). The predicted octanol–water partition coefficient (Wildman–Crippen LogP) is 1.58. The van der Waals surface area contributed by atoms with Crippen molar-refractivity contribution in [3.05, 3.63) is 29.8 Å². The molecule has 0 atom stereocenters. The highest BCUT2D eigenvalue weighted by atomic mass is 19.1. The fraction of sp³-hybridized carbons (Fsp3) is 0.273. The van der Waals surface area contributed by atoms with E-state index >= 15 is 0 Å². The Labute approximate surface area is 93.9 Å². The summed E-state index contributed by atoms with van der Waals surface area (Å²) in [5.74, 6) is -0.227. The van der Waals surface area contributed by atoms with E-state index in [0.29, 0.717) is 11.1 Å². The maximum atomic E-state index is 13.5. The maximum absolute atomic E-state index is 13.5. The van der Waals surface area contributed by atoms with Crippen LogP contribution >= 0.6 is 0 Å². The first-order valence-electron chi connectivity index (χ1n) is 4.91. The van der Waals surface area contributed by atoms with E-state index in [9.17, 15) is 4.39 Å². The predicted molar refractivity (Wildman–Crippen MR) is 64.4 cm³/mol. The van der Waals surface area contributed by atoms with E-state index in [1.807, 2.05) is 13.8 Å². The molecule has 1 aromatic heterocycles. The van der Waals surface area contributed by atoms with Crippen molar-refractivity contribution < 1.29 is 4.39 Å². The number of nitrogen functional groups attached to an aromatic ring is 1. The van der Waals surface area contributed by atoms with Gasteiger partial charge >= 0.3 is 0 Å². The highest BCUT2D eigenvalue weighted by Crippen LogP contribution is 2.17. The van der Waals surface area contributed by atoms with Gasteiger partial charge in [0.25, 0.3) is 0 Å². The highest BCUT2D eigenvalue weighted by Gasteiger charge is 2.07. The van der Waals surface area contributed by atoms with Gasteiger partial charge < -0.3 is 11.5 Å². The fourth-order valence-corrected chi connectivity index (χ4v) is 1.11. The average molecular weight is 222 g/mol. The van der Waals surface area contributed by atoms with Gasteiger partial charge in [-0.1, -0.05) is 0 Å². The van der Waals surface area contributed by atoms with Crippen LogP contribution in [0.3, 0.4) is 0 Å². The van der Waals surface area contributed by atoms with Crippen molar-refractivity contribution >= 4 is 17.6 Å². The third kappa shape index (κ3) is 3.05. The molecule has 0 fully saturated rings. The van der Waals surface area contributed by atoms with Gasteiger partial charge in [0.2, 0.25) is 0 Å². The molecule has 0 amide bonds. The lowest BCUT2D eigenvalue weighted by atomic mass is 10.1. The standard InChI is InChI=1S/C11H15FN4/c1-7(2)15-5-8(4-13)9-3-11(14)16-6-10(9)12/h3-7H,13H2,1-2H3,(H2,14,16)/b8-4+,15-5?. The Bertz CT molecular complexity index is 424. The van der Waals surface area contributed by atoms with E-state index in [1.54, 1.807) is 0 Å². The number of halogens is 1. The Morgan fingerprint density at radius 1 is 1.56 bits per heavy atom. The number of hydrogen-bond donors (Lipinski definition) is 2. The van der Waals surface area contributed by atoms with Crippen molar-refractivity contribution in [3.63, 3.8) is 0 Å². The minimum absolute atomic E-state index is 0.122. The Kier molecular flexibility index (Phi) is 3.99. The Morgan fingerprint density at radius 2 is 2.25 bits per heavy atom. The molecule has 4 nitrogen and oxygen atoms in total. The molecule has 5 heteroatoms. The molecule has 16 heavy (non-hydrogen) atoms. The van der Waals surface area contributed by atoms with E-state index in [4.69, 9.17) is 11.5 Å². The summed E-state index contributed by atoms with van der Waals surface area (Å²) in [7, 11) is 0. The van der Waals surface area contributed by atoms with E-state index < -0.39 is 5.82 Å². The smallest absolute Gasteiger partial charge is 0.149 e. The number of nitrogens with zero attached hydrogens (tertiary/aromatic N) is 2. The van der Waals surface area contributed by atoms with Crippen LogP contribution < -0.4 is 11.5 Å². The molecular formula is C11H15FN4. The molecule has 4 N–H and O–H groups in total. The molecule has 0 aromatic carbocycles. The van der Waals surface area contributed by atoms with Crippen LogP contribution in [0.1, 0.15) is 19.4 Å². The molecule has 0 unspecified atom stereocenters. The topological polar surface area (TPSA) is 77.3 Å². The van der Waals surface area contributed by atoms with E-state index in [1.165, 1.54) is 18.5 Å². The van der Waals surface area contributed by atoms with Gasteiger partial charge in [-0.05, 0) is 19.9 Å². The number of hydrogen-bond acceptors (Lipinski definition) is 4. The number of rotatable bonds is 3. The summed E-state index contributed by atoms with van der Waals surface area (Å²) >= 11 is 0. The van der Waals surface area contributed by atoms with Gasteiger partial charge in [0.05, 0.1) is 6.20 Å². The average Bonchev–Trinajstić information content (AvgIpc) is 2.23. The van der Waals surface area contributed by atoms with Crippen molar-refractivity contribution in [2.24, 2.45) is 10.7 Å². The highest BCUT2D eigenvalue weighted by molar-refractivity contribution is 6.09. The quantitative estimate of drug-likeness (QED) is 0.762. The molecule has 0 saturated heterocycles. The Hall–Kier alpha value is -1.91. The first-order chi connectivity index (χ1) is 7.54. The van der Waals surface area contributed by atoms with Crippen molar-refractivity contribution in [2.45, 2.75) is 19.9 Å². The monoisotopic (exact) mass is 222 g/mol. The van der Waals surface area contributed by atoms with Crippen LogP contribution in [-0.4, -0.2) is 17.2 Å². The zero-order chi connectivity index (χ0) is 12.1. The summed E-state index contributed by atoms with van der Waals surface area (Å²) in [5.41, 5.74) is 11.7. The first kappa shape index (κ1) is 12.2. The lowest BCUT2D eigenvalue weighted by Crippen LogP contribution is -2.00. The molecular weight excluding hydrogens is 207 g/mol. The van der Waals surface area contributed by atoms with Gasteiger partial charge in [-0.15, -0.1) is 0 Å². The Balaban J connectivity index is 3.10. The SMILES string of the molecule is CC(C)N=C/C(=C\N)c1cc(N)ncc1F. The maximum Gasteiger partial charge on any atom is 0.149 e. The second kappa shape index (κ2) is 5.25. The summed E-state index contributed by atoms with van der Waals surface area (Å²) < 4.78 is 13.5. The Morgan fingerprint density at radius 3 is 2.81 bits per heavy atom. The largest absolute Gasteiger partial charge is 0.404 e. The minimum Gasteiger partial charge on any atom is -0.404 e. The van der Waals surface area contributed by atoms with Crippen LogP contribution in [0.4, 0.5) is 10.2 Å². The van der Waals surface area contributed by atoms with Crippen molar-refractivity contribution in [1.29, 1.82) is 0 Å². The van der Waals surface area contributed by atoms with Gasteiger partial charge in [-0.25, -0.2) is 9.37 Å². The fourth-order valence-electron chi connectivity index (χ4n) is 1.11. The lowest BCUT2D eigenvalue weighted by Gasteiger charge is -2.04. The number of aromatic nitrogens is 1. The van der Waals surface area contributed by atoms with Gasteiger partial charge in [0.15, 0.2) is 0 Å². The number of allylic oxidation sites excluding steroid dienone is 1. The molecule has 0 spiro atoms. The van der Waals surface area contributed by atoms with Crippen LogP contribution in [0.5, 0.6) is 0 Å². The second-order valence-corrected chi connectivity index (χ2v) is 3.58. The molecule has 1 heterocycles. The number of anilines is 1. The molecule has 0 aliphatic heterocycles. The minimum atomic E-state index is -0.471. The summed E-state index contributed by atoms with van der Waals surface area (Å²) in [4.78, 5) is 7.78. The molecule has 0 radical (unpaired) electrons. The van der Waals surface area contributed by atoms with Crippen molar-refractivity contribution in [1.82, 2.24) is 4.98 Å². The van der Waals surface area contributed by atoms with Gasteiger partial charge in [0.1, 0.15) is 11.6 Å². The summed E-state index contributed by atoms with van der Waals surface area (Å²) in [5, 5.41) is 0. The molecule has 0 aliphatic carbocycles. The van der Waals surface area contributed by atoms with Crippen molar-refractivity contribution in [2.75, 3.05) is 5.73 Å². The van der Waals surface area contributed by atoms with Crippen LogP contribution in [0.25, 0.3) is 5.57 Å². The summed E-state index contributed by atoms with van der Waals surface area (Å²) in [6.07, 6.45) is 3.89. The normalized spacial score (nSPS) is 12.6. The van der Waals surface area contributed by atoms with E-state index in [-0.39, 0.29) is 11.9 Å². The number of aliphatic imine (C=N–C) groups is 1. The zero-order valence-corrected chi connectivity index (χ0v) is 9.31. The van der Waals surface area contributed by atoms with Gasteiger partial charge in [0, 0.05) is 29.6 Å². The van der Waals surface area contributed by atoms with Gasteiger partial charge in [-0.2, -0.15) is 0 Å². The van der Waals surface area contributed by atoms with Crippen LogP contribution in [0, 0.1) is 5.82 Å². The molecule has 0 aliphatic rings. The second-order valence-electron chi connectivity index (χ2n) is 3.58. The molecule has 1 aromatic rings. The van der Waals surface area contributed by atoms with E-state index in [0.717, 1.165) is 6.20 Å². The zero-order valence-electron chi connectivity index (χ0n) is 9.31. The van der Waals surface area contributed by atoms with Gasteiger partial charge in [-0.3, -0.25) is 4.99 Å². The van der Waals surface area contributed by atoms with Crippen molar-refractivity contribution in [3.8, 4) is 0 Å². The summed E-state index contributed by atoms with van der Waals surface area (Å²) in [6.45, 7) is 3.84. The first-order valence-corrected chi connectivity index (χ1v) is 4.91. The molecule has 0 bridgehead atoms.